The van der Waals surface area contributed by atoms with Gasteiger partial charge < -0.3 is 35.0 Å². The fourth-order valence-electron chi connectivity index (χ4n) is 1.99. The Bertz CT molecular complexity index is 361. The van der Waals surface area contributed by atoms with E-state index in [1.807, 2.05) is 0 Å². The van der Waals surface area contributed by atoms with Crippen molar-refractivity contribution < 1.29 is 44.6 Å². The lowest BCUT2D eigenvalue weighted by molar-refractivity contribution is -0.162. The summed E-state index contributed by atoms with van der Waals surface area (Å²) in [5, 5.41) is 44.1. The molecule has 24 heavy (non-hydrogen) atoms. The van der Waals surface area contributed by atoms with Crippen molar-refractivity contribution in [2.45, 2.75) is 62.9 Å². The third-order valence-electron chi connectivity index (χ3n) is 3.51. The van der Waals surface area contributed by atoms with E-state index in [2.05, 4.69) is 4.74 Å². The first-order valence-corrected chi connectivity index (χ1v) is 7.87. The fourth-order valence-corrected chi connectivity index (χ4v) is 1.99. The zero-order valence-electron chi connectivity index (χ0n) is 13.8. The largest absolute Gasteiger partial charge is 0.469 e. The molecule has 0 aromatic carbocycles. The highest BCUT2D eigenvalue weighted by Gasteiger charge is 2.26. The highest BCUT2D eigenvalue weighted by molar-refractivity contribution is 5.70. The van der Waals surface area contributed by atoms with Crippen LogP contribution in [-0.4, -0.2) is 82.2 Å². The number of hydrogen-bond donors (Lipinski definition) is 5. The van der Waals surface area contributed by atoms with E-state index in [9.17, 15) is 9.59 Å². The molecular weight excluding hydrogens is 324 g/mol. The van der Waals surface area contributed by atoms with E-state index in [1.165, 1.54) is 7.11 Å². The third kappa shape index (κ3) is 9.78. The van der Waals surface area contributed by atoms with Crippen LogP contribution in [-0.2, 0) is 19.1 Å². The summed E-state index contributed by atoms with van der Waals surface area (Å²) in [7, 11) is 1.29. The van der Waals surface area contributed by atoms with Gasteiger partial charge in [0.25, 0.3) is 0 Å². The maximum Gasteiger partial charge on any atom is 0.306 e. The van der Waals surface area contributed by atoms with Crippen LogP contribution in [0.15, 0.2) is 0 Å². The summed E-state index contributed by atoms with van der Waals surface area (Å²) in [6.07, 6.45) is -0.788. The molecular formula is C15H28O9. The molecule has 0 aromatic heterocycles. The maximum absolute atomic E-state index is 10.7. The summed E-state index contributed by atoms with van der Waals surface area (Å²) < 4.78 is 9.18. The van der Waals surface area contributed by atoms with E-state index in [0.29, 0.717) is 19.3 Å². The Morgan fingerprint density at radius 3 is 2.42 bits per heavy atom. The lowest BCUT2D eigenvalue weighted by Gasteiger charge is -2.25. The summed E-state index contributed by atoms with van der Waals surface area (Å²) in [6, 6.07) is 0. The summed E-state index contributed by atoms with van der Waals surface area (Å²) in [6.45, 7) is -0.822. The number of rotatable bonds is 8. The number of cyclic esters (lactones) is 1. The molecule has 1 saturated heterocycles. The Kier molecular flexibility index (Phi) is 12.4. The second kappa shape index (κ2) is 13.1. The second-order valence-corrected chi connectivity index (χ2v) is 5.46. The Hall–Kier alpha value is -1.26. The minimum atomic E-state index is -1.13. The van der Waals surface area contributed by atoms with Gasteiger partial charge in [0, 0.05) is 12.8 Å². The molecule has 0 amide bonds. The average molecular weight is 352 g/mol. The van der Waals surface area contributed by atoms with E-state index in [4.69, 9.17) is 30.3 Å². The highest BCUT2D eigenvalue weighted by atomic mass is 16.6. The van der Waals surface area contributed by atoms with Gasteiger partial charge in [-0.15, -0.1) is 0 Å². The van der Waals surface area contributed by atoms with Crippen LogP contribution in [0.1, 0.15) is 38.5 Å². The summed E-state index contributed by atoms with van der Waals surface area (Å²) in [4.78, 5) is 21.3. The lowest BCUT2D eigenvalue weighted by atomic mass is 10.0. The molecule has 0 aliphatic carbocycles. The SMILES string of the molecule is COC(=O)CCC[C@H](O)[C@H](O)CO.O=C1CCCC([C@H](O)CO)O1. The molecule has 1 rings (SSSR count). The standard InChI is InChI=1S/C8H16O5.C7H12O4/c1-13-8(12)4-2-3-6(10)7(11)5-9;8-4-5(9)6-2-1-3-7(10)11-6/h6-7,9-11H,2-5H2,1H3;5-6,8-9H,1-4H2/t6-,7+;5-,6?/m01/s1. The van der Waals surface area contributed by atoms with Gasteiger partial charge in [-0.1, -0.05) is 0 Å². The molecule has 142 valence electrons. The van der Waals surface area contributed by atoms with Crippen LogP contribution >= 0.6 is 0 Å². The van der Waals surface area contributed by atoms with E-state index in [-0.39, 0.29) is 31.4 Å². The summed E-state index contributed by atoms with van der Waals surface area (Å²) >= 11 is 0. The van der Waals surface area contributed by atoms with Gasteiger partial charge in [0.1, 0.15) is 18.3 Å². The van der Waals surface area contributed by atoms with Crippen molar-refractivity contribution in [3.8, 4) is 0 Å². The Morgan fingerprint density at radius 1 is 1.25 bits per heavy atom. The molecule has 1 fully saturated rings. The van der Waals surface area contributed by atoms with Gasteiger partial charge >= 0.3 is 11.9 Å². The van der Waals surface area contributed by atoms with Crippen LogP contribution in [0.5, 0.6) is 0 Å². The van der Waals surface area contributed by atoms with Gasteiger partial charge in [0.05, 0.1) is 26.4 Å². The van der Waals surface area contributed by atoms with Gasteiger partial charge in [-0.3, -0.25) is 9.59 Å². The molecule has 1 unspecified atom stereocenters. The van der Waals surface area contributed by atoms with Gasteiger partial charge in [-0.2, -0.15) is 0 Å². The molecule has 0 radical (unpaired) electrons. The lowest BCUT2D eigenvalue weighted by Crippen LogP contribution is -2.36. The van der Waals surface area contributed by atoms with Crippen molar-refractivity contribution in [3.63, 3.8) is 0 Å². The smallest absolute Gasteiger partial charge is 0.306 e. The monoisotopic (exact) mass is 352 g/mol. The minimum Gasteiger partial charge on any atom is -0.469 e. The van der Waals surface area contributed by atoms with Crippen molar-refractivity contribution in [3.05, 3.63) is 0 Å². The quantitative estimate of drug-likeness (QED) is 0.328. The van der Waals surface area contributed by atoms with Crippen molar-refractivity contribution in [2.24, 2.45) is 0 Å². The minimum absolute atomic E-state index is 0.214. The molecule has 0 bridgehead atoms. The highest BCUT2D eigenvalue weighted by Crippen LogP contribution is 2.16. The zero-order chi connectivity index (χ0) is 18.5. The topological polar surface area (TPSA) is 154 Å². The summed E-state index contributed by atoms with van der Waals surface area (Å²) in [5.74, 6) is -0.626. The average Bonchev–Trinajstić information content (AvgIpc) is 2.60. The third-order valence-corrected chi connectivity index (χ3v) is 3.51. The molecule has 1 heterocycles. The van der Waals surface area contributed by atoms with Crippen molar-refractivity contribution in [2.75, 3.05) is 20.3 Å². The number of ether oxygens (including phenoxy) is 2. The molecule has 4 atom stereocenters. The summed E-state index contributed by atoms with van der Waals surface area (Å²) in [5.41, 5.74) is 0. The second-order valence-electron chi connectivity index (χ2n) is 5.46. The predicted molar refractivity (Wildman–Crippen MR) is 81.8 cm³/mol. The molecule has 0 aromatic rings. The number of methoxy groups -OCH3 is 1. The first kappa shape index (κ1) is 22.7. The van der Waals surface area contributed by atoms with Crippen molar-refractivity contribution in [1.82, 2.24) is 0 Å². The number of hydrogen-bond acceptors (Lipinski definition) is 9. The number of esters is 2. The molecule has 5 N–H and O–H groups in total. The van der Waals surface area contributed by atoms with Crippen LogP contribution < -0.4 is 0 Å². The number of carbonyl (C=O) groups is 2. The van der Waals surface area contributed by atoms with Crippen LogP contribution in [0.25, 0.3) is 0 Å². The van der Waals surface area contributed by atoms with Gasteiger partial charge in [0.15, 0.2) is 0 Å². The fraction of sp³-hybridized carbons (Fsp3) is 0.867. The van der Waals surface area contributed by atoms with Gasteiger partial charge in [-0.25, -0.2) is 0 Å². The number of aliphatic hydroxyl groups is 5. The van der Waals surface area contributed by atoms with E-state index < -0.39 is 31.0 Å². The Labute approximate surface area is 140 Å². The van der Waals surface area contributed by atoms with Crippen LogP contribution in [0.3, 0.4) is 0 Å². The number of carbonyl (C=O) groups excluding carboxylic acids is 2. The predicted octanol–water partition coefficient (Wildman–Crippen LogP) is -1.52. The van der Waals surface area contributed by atoms with Crippen LogP contribution in [0.4, 0.5) is 0 Å². The van der Waals surface area contributed by atoms with Gasteiger partial charge in [-0.05, 0) is 25.7 Å². The van der Waals surface area contributed by atoms with E-state index >= 15 is 0 Å². The first-order chi connectivity index (χ1) is 11.3. The van der Waals surface area contributed by atoms with Crippen LogP contribution in [0.2, 0.25) is 0 Å². The molecule has 9 heteroatoms. The van der Waals surface area contributed by atoms with Crippen molar-refractivity contribution in [1.29, 1.82) is 0 Å². The van der Waals surface area contributed by atoms with Crippen LogP contribution in [0, 0.1) is 0 Å². The Morgan fingerprint density at radius 2 is 1.92 bits per heavy atom. The number of aliphatic hydroxyl groups excluding tert-OH is 5. The normalized spacial score (nSPS) is 20.9. The molecule has 1 aliphatic rings. The molecule has 0 spiro atoms. The van der Waals surface area contributed by atoms with E-state index in [1.54, 1.807) is 0 Å². The maximum atomic E-state index is 10.7. The molecule has 0 saturated carbocycles. The van der Waals surface area contributed by atoms with E-state index in [0.717, 1.165) is 6.42 Å². The van der Waals surface area contributed by atoms with Gasteiger partial charge in [0.2, 0.25) is 0 Å². The first-order valence-electron chi connectivity index (χ1n) is 7.87. The molecule has 9 nitrogen and oxygen atoms in total. The van der Waals surface area contributed by atoms with Crippen molar-refractivity contribution >= 4 is 11.9 Å². The Balaban J connectivity index is 0.000000446. The molecule has 1 aliphatic heterocycles. The zero-order valence-corrected chi connectivity index (χ0v) is 13.8.